The summed E-state index contributed by atoms with van der Waals surface area (Å²) in [6.45, 7) is 14.4. The van der Waals surface area contributed by atoms with Crippen molar-refractivity contribution in [2.45, 2.75) is 51.4 Å². The van der Waals surface area contributed by atoms with E-state index in [9.17, 15) is 0 Å². The normalized spacial score (nSPS) is 29.4. The Labute approximate surface area is 107 Å². The molecule has 0 heterocycles. The third-order valence-electron chi connectivity index (χ3n) is 5.36. The van der Waals surface area contributed by atoms with E-state index in [1.54, 1.807) is 5.57 Å². The van der Waals surface area contributed by atoms with Crippen LogP contribution in [0.3, 0.4) is 0 Å². The zero-order valence-electron chi connectivity index (χ0n) is 12.0. The van der Waals surface area contributed by atoms with Crippen molar-refractivity contribution in [1.82, 2.24) is 0 Å². The minimum atomic E-state index is -1.42. The molecule has 0 nitrogen and oxygen atoms in total. The van der Waals surface area contributed by atoms with Gasteiger partial charge in [0.1, 0.15) is 0 Å². The fraction of sp³-hybridized carbons (Fsp3) is 0.500. The van der Waals surface area contributed by atoms with Gasteiger partial charge in [0.15, 0.2) is 0 Å². The van der Waals surface area contributed by atoms with Crippen molar-refractivity contribution in [2.75, 3.05) is 0 Å². The van der Waals surface area contributed by atoms with Gasteiger partial charge in [-0.15, -0.1) is 0 Å². The molecule has 92 valence electrons. The molecule has 2 rings (SSSR count). The Hall–Kier alpha value is -0.823. The second-order valence-electron chi connectivity index (χ2n) is 6.30. The summed E-state index contributed by atoms with van der Waals surface area (Å²) in [4.78, 5) is 0. The Bertz CT molecular complexity index is 448. The van der Waals surface area contributed by atoms with Gasteiger partial charge < -0.3 is 0 Å². The summed E-state index contributed by atoms with van der Waals surface area (Å²) in [7, 11) is -1.42. The molecule has 0 aromatic carbocycles. The first-order valence-electron chi connectivity index (χ1n) is 6.53. The van der Waals surface area contributed by atoms with Gasteiger partial charge in [-0.25, -0.2) is 0 Å². The van der Waals surface area contributed by atoms with Crippen LogP contribution >= 0.6 is 0 Å². The molecule has 0 bridgehead atoms. The number of allylic oxidation sites excluding steroid dienone is 8. The molecular weight excluding hydrogens is 220 g/mol. The standard InChI is InChI=1S/C16H24Si/c1-12-11-16(4,14(3)13(12)2)17(5,6)15-9-7-8-10-15/h7-11,15H,1-6H3. The van der Waals surface area contributed by atoms with E-state index in [1.165, 1.54) is 11.1 Å². The Morgan fingerprint density at radius 2 is 1.59 bits per heavy atom. The maximum atomic E-state index is 2.53. The van der Waals surface area contributed by atoms with Crippen LogP contribution in [-0.4, -0.2) is 8.07 Å². The molecule has 0 saturated carbocycles. The first-order chi connectivity index (χ1) is 7.80. The van der Waals surface area contributed by atoms with E-state index in [0.29, 0.717) is 10.6 Å². The minimum Gasteiger partial charge on any atom is -0.0803 e. The Balaban J connectivity index is 2.47. The first kappa shape index (κ1) is 12.6. The fourth-order valence-electron chi connectivity index (χ4n) is 3.26. The minimum absolute atomic E-state index is 0.310. The predicted octanol–water partition coefficient (Wildman–Crippen LogP) is 5.25. The largest absolute Gasteiger partial charge is 0.0803 e. The van der Waals surface area contributed by atoms with Gasteiger partial charge in [-0.1, -0.05) is 61.5 Å². The monoisotopic (exact) mass is 244 g/mol. The molecule has 0 fully saturated rings. The lowest BCUT2D eigenvalue weighted by Crippen LogP contribution is -2.43. The van der Waals surface area contributed by atoms with Crippen molar-refractivity contribution in [1.29, 1.82) is 0 Å². The zero-order valence-corrected chi connectivity index (χ0v) is 13.0. The van der Waals surface area contributed by atoms with Gasteiger partial charge in [-0.3, -0.25) is 0 Å². The van der Waals surface area contributed by atoms with Crippen molar-refractivity contribution in [3.05, 3.63) is 47.1 Å². The SMILES string of the molecule is CC1=CC(C)([Si](C)(C)C2C=CC=C2)C(C)=C1C. The van der Waals surface area contributed by atoms with Crippen molar-refractivity contribution < 1.29 is 0 Å². The highest BCUT2D eigenvalue weighted by atomic mass is 28.3. The van der Waals surface area contributed by atoms with Gasteiger partial charge in [-0.2, -0.15) is 0 Å². The second-order valence-corrected chi connectivity index (χ2v) is 11.4. The van der Waals surface area contributed by atoms with Gasteiger partial charge in [-0.05, 0) is 31.9 Å². The van der Waals surface area contributed by atoms with E-state index in [1.807, 2.05) is 0 Å². The number of hydrogen-bond acceptors (Lipinski definition) is 0. The number of rotatable bonds is 2. The second kappa shape index (κ2) is 3.84. The van der Waals surface area contributed by atoms with E-state index >= 15 is 0 Å². The van der Waals surface area contributed by atoms with Gasteiger partial charge in [0, 0.05) is 5.04 Å². The molecule has 0 saturated heterocycles. The summed E-state index contributed by atoms with van der Waals surface area (Å²) in [5, 5.41) is 0.310. The topological polar surface area (TPSA) is 0 Å². The molecule has 1 heteroatoms. The third-order valence-corrected chi connectivity index (χ3v) is 10.6. The summed E-state index contributed by atoms with van der Waals surface area (Å²) in [6.07, 6.45) is 11.7. The smallest absolute Gasteiger partial charge is 0.0737 e. The van der Waals surface area contributed by atoms with E-state index in [0.717, 1.165) is 0 Å². The average molecular weight is 244 g/mol. The van der Waals surface area contributed by atoms with Gasteiger partial charge in [0.05, 0.1) is 8.07 Å². The molecule has 2 aliphatic rings. The molecule has 2 aliphatic carbocycles. The average Bonchev–Trinajstić information content (AvgIpc) is 2.85. The van der Waals surface area contributed by atoms with Crippen LogP contribution in [-0.2, 0) is 0 Å². The van der Waals surface area contributed by atoms with Crippen LogP contribution in [0.5, 0.6) is 0 Å². The Morgan fingerprint density at radius 1 is 1.06 bits per heavy atom. The van der Waals surface area contributed by atoms with Crippen LogP contribution in [0.1, 0.15) is 27.7 Å². The third kappa shape index (κ3) is 1.63. The van der Waals surface area contributed by atoms with Crippen LogP contribution in [0.25, 0.3) is 0 Å². The highest BCUT2D eigenvalue weighted by molar-refractivity contribution is 6.84. The molecule has 0 aliphatic heterocycles. The summed E-state index contributed by atoms with van der Waals surface area (Å²) in [6, 6.07) is 0. The summed E-state index contributed by atoms with van der Waals surface area (Å²) >= 11 is 0. The quantitative estimate of drug-likeness (QED) is 0.582. The van der Waals surface area contributed by atoms with E-state index in [4.69, 9.17) is 0 Å². The van der Waals surface area contributed by atoms with Crippen molar-refractivity contribution >= 4 is 8.07 Å². The molecule has 0 radical (unpaired) electrons. The molecule has 1 atom stereocenters. The maximum absolute atomic E-state index is 2.53. The van der Waals surface area contributed by atoms with Crippen LogP contribution in [0.2, 0.25) is 23.7 Å². The van der Waals surface area contributed by atoms with Crippen molar-refractivity contribution in [2.24, 2.45) is 0 Å². The fourth-order valence-corrected chi connectivity index (χ4v) is 6.88. The predicted molar refractivity (Wildman–Crippen MR) is 80.0 cm³/mol. The van der Waals surface area contributed by atoms with Crippen molar-refractivity contribution in [3.63, 3.8) is 0 Å². The molecule has 0 spiro atoms. The van der Waals surface area contributed by atoms with Crippen LogP contribution in [0.4, 0.5) is 0 Å². The van der Waals surface area contributed by atoms with Crippen LogP contribution in [0, 0.1) is 0 Å². The molecule has 1 unspecified atom stereocenters. The van der Waals surface area contributed by atoms with Gasteiger partial charge in [0.25, 0.3) is 0 Å². The Kier molecular flexibility index (Phi) is 2.85. The zero-order chi connectivity index (χ0) is 12.8. The van der Waals surface area contributed by atoms with E-state index in [2.05, 4.69) is 71.2 Å². The highest BCUT2D eigenvalue weighted by Gasteiger charge is 2.48. The summed E-state index contributed by atoms with van der Waals surface area (Å²) in [5.74, 6) is 0. The summed E-state index contributed by atoms with van der Waals surface area (Å²) < 4.78 is 0. The van der Waals surface area contributed by atoms with Crippen LogP contribution < -0.4 is 0 Å². The lowest BCUT2D eigenvalue weighted by Gasteiger charge is -2.43. The lowest BCUT2D eigenvalue weighted by atomic mass is 10.0. The highest BCUT2D eigenvalue weighted by Crippen LogP contribution is 2.57. The first-order valence-corrected chi connectivity index (χ1v) is 9.61. The van der Waals surface area contributed by atoms with Crippen molar-refractivity contribution in [3.8, 4) is 0 Å². The van der Waals surface area contributed by atoms with E-state index in [-0.39, 0.29) is 0 Å². The Morgan fingerprint density at radius 3 is 2.00 bits per heavy atom. The summed E-state index contributed by atoms with van der Waals surface area (Å²) in [5.41, 5.74) is 5.27. The lowest BCUT2D eigenvalue weighted by molar-refractivity contribution is 0.833. The maximum Gasteiger partial charge on any atom is 0.0737 e. The molecule has 17 heavy (non-hydrogen) atoms. The molecule has 0 amide bonds. The molecule has 0 N–H and O–H groups in total. The molecular formula is C16H24Si. The van der Waals surface area contributed by atoms with E-state index < -0.39 is 8.07 Å². The van der Waals surface area contributed by atoms with Gasteiger partial charge in [0.2, 0.25) is 0 Å². The van der Waals surface area contributed by atoms with Crippen LogP contribution in [0.15, 0.2) is 47.1 Å². The number of hydrogen-bond donors (Lipinski definition) is 0. The van der Waals surface area contributed by atoms with Gasteiger partial charge >= 0.3 is 0 Å². The molecule has 0 aromatic rings. The molecule has 0 aromatic heterocycles.